The Hall–Kier alpha value is -3.74. The van der Waals surface area contributed by atoms with Gasteiger partial charge in [-0.3, -0.25) is 4.79 Å². The number of aromatic nitrogens is 4. The van der Waals surface area contributed by atoms with Gasteiger partial charge < -0.3 is 14.8 Å². The molecule has 0 bridgehead atoms. The smallest absolute Gasteiger partial charge is 0.225 e. The topological polar surface area (TPSA) is 78.0 Å². The van der Waals surface area contributed by atoms with Crippen LogP contribution in [0.3, 0.4) is 0 Å². The predicted octanol–water partition coefficient (Wildman–Crippen LogP) is 4.38. The summed E-state index contributed by atoms with van der Waals surface area (Å²) in [7, 11) is 3.87. The fourth-order valence-electron chi connectivity index (χ4n) is 4.54. The summed E-state index contributed by atoms with van der Waals surface area (Å²) < 4.78 is 0. The minimum absolute atomic E-state index is 0.0509. The number of nitrogens with zero attached hydrogens (tertiary/aromatic N) is 5. The lowest BCUT2D eigenvalue weighted by Crippen LogP contribution is -2.32. The number of hydrogen-bond acceptors (Lipinski definition) is 5. The molecule has 2 aromatic carbocycles. The van der Waals surface area contributed by atoms with E-state index in [1.54, 1.807) is 0 Å². The summed E-state index contributed by atoms with van der Waals surface area (Å²) >= 11 is 0. The second-order valence-electron chi connectivity index (χ2n) is 8.68. The van der Waals surface area contributed by atoms with Crippen molar-refractivity contribution in [3.05, 3.63) is 72.3 Å². The van der Waals surface area contributed by atoms with Gasteiger partial charge in [-0.05, 0) is 30.5 Å². The Labute approximate surface area is 193 Å². The van der Waals surface area contributed by atoms with Crippen molar-refractivity contribution in [2.24, 2.45) is 0 Å². The van der Waals surface area contributed by atoms with E-state index in [9.17, 15) is 4.79 Å². The first-order valence-corrected chi connectivity index (χ1v) is 11.4. The Morgan fingerprint density at radius 3 is 2.67 bits per heavy atom. The number of fused-ring (bicyclic) bond motifs is 1. The molecule has 1 unspecified atom stereocenters. The molecule has 168 valence electrons. The lowest BCUT2D eigenvalue weighted by Gasteiger charge is -2.27. The van der Waals surface area contributed by atoms with E-state index in [4.69, 9.17) is 4.98 Å². The molecule has 1 atom stereocenters. The van der Waals surface area contributed by atoms with Gasteiger partial charge in [0.1, 0.15) is 5.82 Å². The van der Waals surface area contributed by atoms with Crippen molar-refractivity contribution in [2.75, 3.05) is 25.5 Å². The molecule has 1 N–H and O–H groups in total. The highest BCUT2D eigenvalue weighted by Gasteiger charge is 2.33. The fraction of sp³-hybridized carbons (Fsp3) is 0.308. The highest BCUT2D eigenvalue weighted by Crippen LogP contribution is 2.37. The highest BCUT2D eigenvalue weighted by atomic mass is 16.2. The third-order valence-corrected chi connectivity index (χ3v) is 6.19. The number of aromatic amines is 1. The third kappa shape index (κ3) is 4.31. The lowest BCUT2D eigenvalue weighted by atomic mass is 9.99. The van der Waals surface area contributed by atoms with Gasteiger partial charge in [0, 0.05) is 45.2 Å². The number of para-hydroxylation sites is 2. The van der Waals surface area contributed by atoms with Crippen molar-refractivity contribution in [1.29, 1.82) is 0 Å². The second-order valence-corrected chi connectivity index (χ2v) is 8.68. The first kappa shape index (κ1) is 21.1. The SMILES string of the molecule is CN(C)c1ncc(-c2ccccc2)c(C2CCCN2C(=O)CCc2nc3ccccc3[nH]2)n1. The average molecular weight is 441 g/mol. The molecule has 1 amide bonds. The largest absolute Gasteiger partial charge is 0.347 e. The molecule has 0 spiro atoms. The molecule has 2 aromatic heterocycles. The summed E-state index contributed by atoms with van der Waals surface area (Å²) in [6.45, 7) is 0.749. The summed E-state index contributed by atoms with van der Waals surface area (Å²) in [5.41, 5.74) is 4.92. The van der Waals surface area contributed by atoms with Crippen molar-refractivity contribution in [3.8, 4) is 11.1 Å². The summed E-state index contributed by atoms with van der Waals surface area (Å²) in [4.78, 5) is 34.6. The number of nitrogens with one attached hydrogen (secondary N) is 1. The first-order chi connectivity index (χ1) is 16.1. The van der Waals surface area contributed by atoms with Gasteiger partial charge >= 0.3 is 0 Å². The van der Waals surface area contributed by atoms with Gasteiger partial charge in [0.2, 0.25) is 11.9 Å². The minimum atomic E-state index is -0.0509. The molecule has 5 rings (SSSR count). The normalized spacial score (nSPS) is 15.8. The number of H-pyrrole nitrogens is 1. The molecule has 33 heavy (non-hydrogen) atoms. The number of imidazole rings is 1. The number of amides is 1. The van der Waals surface area contributed by atoms with Crippen LogP contribution in [0.15, 0.2) is 60.8 Å². The molecule has 1 fully saturated rings. The average Bonchev–Trinajstić information content (AvgIpc) is 3.50. The maximum atomic E-state index is 13.3. The van der Waals surface area contributed by atoms with Crippen LogP contribution < -0.4 is 4.90 Å². The van der Waals surface area contributed by atoms with E-state index in [1.165, 1.54) is 0 Å². The molecule has 0 aliphatic carbocycles. The predicted molar refractivity (Wildman–Crippen MR) is 130 cm³/mol. The molecular formula is C26H28N6O. The fourth-order valence-corrected chi connectivity index (χ4v) is 4.54. The van der Waals surface area contributed by atoms with E-state index >= 15 is 0 Å². The molecule has 1 aliphatic rings. The van der Waals surface area contributed by atoms with Crippen molar-refractivity contribution >= 4 is 22.9 Å². The zero-order valence-corrected chi connectivity index (χ0v) is 19.0. The number of carbonyl (C=O) groups is 1. The van der Waals surface area contributed by atoms with E-state index in [0.717, 1.165) is 53.1 Å². The molecule has 3 heterocycles. The van der Waals surface area contributed by atoms with E-state index in [2.05, 4.69) is 27.1 Å². The highest BCUT2D eigenvalue weighted by molar-refractivity contribution is 5.79. The Bertz CT molecular complexity index is 1230. The van der Waals surface area contributed by atoms with Crippen LogP contribution in [0.4, 0.5) is 5.95 Å². The number of benzene rings is 2. The Kier molecular flexibility index (Phi) is 5.77. The van der Waals surface area contributed by atoms with Crippen LogP contribution in [-0.2, 0) is 11.2 Å². The third-order valence-electron chi connectivity index (χ3n) is 6.19. The maximum absolute atomic E-state index is 13.3. The zero-order valence-electron chi connectivity index (χ0n) is 19.0. The van der Waals surface area contributed by atoms with Crippen molar-refractivity contribution in [3.63, 3.8) is 0 Å². The monoisotopic (exact) mass is 440 g/mol. The quantitative estimate of drug-likeness (QED) is 0.481. The number of anilines is 1. The van der Waals surface area contributed by atoms with Crippen LogP contribution in [0, 0.1) is 0 Å². The number of carbonyl (C=O) groups excluding carboxylic acids is 1. The standard InChI is InChI=1S/C26H28N6O/c1-31(2)26-27-17-19(18-9-4-3-5-10-18)25(30-26)22-13-8-16-32(22)24(33)15-14-23-28-20-11-6-7-12-21(20)29-23/h3-7,9-12,17,22H,8,13-16H2,1-2H3,(H,28,29). The lowest BCUT2D eigenvalue weighted by molar-refractivity contribution is -0.132. The van der Waals surface area contributed by atoms with Gasteiger partial charge in [0.05, 0.1) is 22.8 Å². The Morgan fingerprint density at radius 2 is 1.88 bits per heavy atom. The summed E-state index contributed by atoms with van der Waals surface area (Å²) in [6, 6.07) is 18.1. The summed E-state index contributed by atoms with van der Waals surface area (Å²) in [5.74, 6) is 1.65. The zero-order chi connectivity index (χ0) is 22.8. The minimum Gasteiger partial charge on any atom is -0.347 e. The Balaban J connectivity index is 1.40. The molecule has 0 saturated carbocycles. The summed E-state index contributed by atoms with van der Waals surface area (Å²) in [6.07, 6.45) is 4.77. The molecular weight excluding hydrogens is 412 g/mol. The van der Waals surface area contributed by atoms with Crippen LogP contribution in [0.5, 0.6) is 0 Å². The van der Waals surface area contributed by atoms with E-state index < -0.39 is 0 Å². The van der Waals surface area contributed by atoms with Crippen LogP contribution >= 0.6 is 0 Å². The number of aryl methyl sites for hydroxylation is 1. The van der Waals surface area contributed by atoms with Gasteiger partial charge in [-0.2, -0.15) is 0 Å². The van der Waals surface area contributed by atoms with Crippen molar-refractivity contribution < 1.29 is 4.79 Å². The van der Waals surface area contributed by atoms with Gasteiger partial charge in [-0.15, -0.1) is 0 Å². The Morgan fingerprint density at radius 1 is 1.09 bits per heavy atom. The first-order valence-electron chi connectivity index (χ1n) is 11.4. The van der Waals surface area contributed by atoms with Gasteiger partial charge in [-0.1, -0.05) is 42.5 Å². The van der Waals surface area contributed by atoms with Crippen LogP contribution in [0.2, 0.25) is 0 Å². The molecule has 4 aromatic rings. The second kappa shape index (κ2) is 9.02. The molecule has 1 aliphatic heterocycles. The van der Waals surface area contributed by atoms with Crippen molar-refractivity contribution in [1.82, 2.24) is 24.8 Å². The maximum Gasteiger partial charge on any atom is 0.225 e. The van der Waals surface area contributed by atoms with Gasteiger partial charge in [0.25, 0.3) is 0 Å². The molecule has 1 saturated heterocycles. The van der Waals surface area contributed by atoms with E-state index in [1.807, 2.05) is 72.6 Å². The molecule has 0 radical (unpaired) electrons. The number of likely N-dealkylation sites (tertiary alicyclic amines) is 1. The number of rotatable bonds is 6. The van der Waals surface area contributed by atoms with Crippen LogP contribution in [-0.4, -0.2) is 51.4 Å². The molecule has 7 nitrogen and oxygen atoms in total. The van der Waals surface area contributed by atoms with Crippen molar-refractivity contribution in [2.45, 2.75) is 31.7 Å². The van der Waals surface area contributed by atoms with Gasteiger partial charge in [-0.25, -0.2) is 15.0 Å². The van der Waals surface area contributed by atoms with E-state index in [0.29, 0.717) is 18.8 Å². The van der Waals surface area contributed by atoms with Gasteiger partial charge in [0.15, 0.2) is 0 Å². The molecule has 7 heteroatoms. The summed E-state index contributed by atoms with van der Waals surface area (Å²) in [5, 5.41) is 0. The van der Waals surface area contributed by atoms with E-state index in [-0.39, 0.29) is 11.9 Å². The van der Waals surface area contributed by atoms with Crippen LogP contribution in [0.25, 0.3) is 22.2 Å². The number of hydrogen-bond donors (Lipinski definition) is 1. The van der Waals surface area contributed by atoms with Crippen LogP contribution in [0.1, 0.15) is 36.8 Å².